The molecule has 0 spiro atoms. The maximum Gasteiger partial charge on any atom is 0.325 e. The van der Waals surface area contributed by atoms with Crippen molar-refractivity contribution in [2.75, 3.05) is 26.2 Å². The fourth-order valence-electron chi connectivity index (χ4n) is 4.59. The minimum atomic E-state index is -0.0227. The number of carbonyl (C=O) groups is 1. The molecule has 4 heterocycles. The lowest BCUT2D eigenvalue weighted by Gasteiger charge is -2.49. The Hall–Kier alpha value is -0.610. The van der Waals surface area contributed by atoms with Crippen molar-refractivity contribution in [2.24, 2.45) is 11.8 Å². The average Bonchev–Trinajstić information content (AvgIpc) is 2.80. The number of nitrogens with zero attached hydrogens (tertiary/aromatic N) is 2. The Kier molecular flexibility index (Phi) is 4.04. The topological polar surface area (TPSA) is 32.8 Å². The zero-order chi connectivity index (χ0) is 14.3. The Morgan fingerprint density at radius 3 is 2.60 bits per heavy atom. The van der Waals surface area contributed by atoms with Gasteiger partial charge in [0.1, 0.15) is 6.04 Å². The highest BCUT2D eigenvalue weighted by Crippen LogP contribution is 2.44. The standard InChI is InChI=1S/C16H28N2O2/c1-4-7-18-10-13-12-5-8-17(9-6-12)14(13)15(18)16(19)20-11(2)3/h11-15H,4-10H2,1-3H3. The van der Waals surface area contributed by atoms with Gasteiger partial charge in [-0.25, -0.2) is 0 Å². The molecule has 20 heavy (non-hydrogen) atoms. The third-order valence-electron chi connectivity index (χ3n) is 5.31. The molecule has 0 aromatic carbocycles. The molecule has 0 amide bonds. The van der Waals surface area contributed by atoms with E-state index < -0.39 is 0 Å². The second-order valence-corrected chi connectivity index (χ2v) is 6.95. The van der Waals surface area contributed by atoms with Crippen LogP contribution in [0.15, 0.2) is 0 Å². The highest BCUT2D eigenvalue weighted by atomic mass is 16.5. The van der Waals surface area contributed by atoms with Crippen molar-refractivity contribution in [3.63, 3.8) is 0 Å². The Balaban J connectivity index is 1.81. The van der Waals surface area contributed by atoms with Crippen LogP contribution >= 0.6 is 0 Å². The van der Waals surface area contributed by atoms with Crippen LogP contribution in [0.5, 0.6) is 0 Å². The van der Waals surface area contributed by atoms with Gasteiger partial charge in [-0.1, -0.05) is 6.92 Å². The summed E-state index contributed by atoms with van der Waals surface area (Å²) in [5.41, 5.74) is 0. The van der Waals surface area contributed by atoms with Crippen LogP contribution in [0.2, 0.25) is 0 Å². The molecule has 4 aliphatic heterocycles. The van der Waals surface area contributed by atoms with E-state index in [2.05, 4.69) is 16.7 Å². The molecule has 3 unspecified atom stereocenters. The van der Waals surface area contributed by atoms with Gasteiger partial charge in [0.25, 0.3) is 0 Å². The lowest BCUT2D eigenvalue weighted by atomic mass is 9.74. The first-order chi connectivity index (χ1) is 9.61. The van der Waals surface area contributed by atoms with Crippen LogP contribution in [0.25, 0.3) is 0 Å². The summed E-state index contributed by atoms with van der Waals surface area (Å²) < 4.78 is 5.56. The van der Waals surface area contributed by atoms with Gasteiger partial charge in [-0.05, 0) is 64.6 Å². The molecule has 4 saturated heterocycles. The molecule has 0 saturated carbocycles. The van der Waals surface area contributed by atoms with Gasteiger partial charge in [-0.3, -0.25) is 14.6 Å². The SMILES string of the molecule is CCCN1CC2C3CCN(CC3)C2C1C(=O)OC(C)C. The molecular weight excluding hydrogens is 252 g/mol. The number of fused-ring (bicyclic) bond motifs is 2. The molecule has 114 valence electrons. The van der Waals surface area contributed by atoms with Crippen molar-refractivity contribution in [1.29, 1.82) is 0 Å². The van der Waals surface area contributed by atoms with Gasteiger partial charge in [0.2, 0.25) is 0 Å². The molecule has 0 aromatic heterocycles. The number of piperidine rings is 3. The Morgan fingerprint density at radius 1 is 1.30 bits per heavy atom. The van der Waals surface area contributed by atoms with Crippen LogP contribution < -0.4 is 0 Å². The number of ether oxygens (including phenoxy) is 1. The predicted molar refractivity (Wildman–Crippen MR) is 78.5 cm³/mol. The largest absolute Gasteiger partial charge is 0.462 e. The maximum atomic E-state index is 12.6. The van der Waals surface area contributed by atoms with Gasteiger partial charge in [0.15, 0.2) is 0 Å². The summed E-state index contributed by atoms with van der Waals surface area (Å²) in [4.78, 5) is 17.5. The summed E-state index contributed by atoms with van der Waals surface area (Å²) >= 11 is 0. The molecule has 4 fully saturated rings. The lowest BCUT2D eigenvalue weighted by molar-refractivity contribution is -0.156. The lowest BCUT2D eigenvalue weighted by Crippen LogP contribution is -2.59. The van der Waals surface area contributed by atoms with E-state index in [1.165, 1.54) is 25.9 Å². The van der Waals surface area contributed by atoms with Gasteiger partial charge in [-0.2, -0.15) is 0 Å². The third-order valence-corrected chi connectivity index (χ3v) is 5.31. The van der Waals surface area contributed by atoms with Crippen molar-refractivity contribution in [3.05, 3.63) is 0 Å². The first-order valence-electron chi connectivity index (χ1n) is 8.30. The van der Waals surface area contributed by atoms with E-state index in [4.69, 9.17) is 4.74 Å². The minimum Gasteiger partial charge on any atom is -0.462 e. The number of rotatable bonds is 4. The molecule has 3 atom stereocenters. The Bertz CT molecular complexity index is 363. The molecule has 4 aliphatic rings. The number of hydrogen-bond acceptors (Lipinski definition) is 4. The van der Waals surface area contributed by atoms with E-state index in [1.54, 1.807) is 0 Å². The molecule has 2 bridgehead atoms. The van der Waals surface area contributed by atoms with Gasteiger partial charge in [0.05, 0.1) is 6.10 Å². The smallest absolute Gasteiger partial charge is 0.325 e. The molecule has 0 radical (unpaired) electrons. The highest BCUT2D eigenvalue weighted by molar-refractivity contribution is 5.77. The minimum absolute atomic E-state index is 0.00787. The van der Waals surface area contributed by atoms with E-state index in [9.17, 15) is 4.79 Å². The fourth-order valence-corrected chi connectivity index (χ4v) is 4.59. The second kappa shape index (κ2) is 5.64. The van der Waals surface area contributed by atoms with E-state index in [0.717, 1.165) is 25.4 Å². The zero-order valence-electron chi connectivity index (χ0n) is 13.0. The Labute approximate surface area is 122 Å². The molecule has 0 aromatic rings. The Morgan fingerprint density at radius 2 is 2.00 bits per heavy atom. The number of esters is 1. The van der Waals surface area contributed by atoms with E-state index in [0.29, 0.717) is 12.0 Å². The first-order valence-corrected chi connectivity index (χ1v) is 8.30. The quantitative estimate of drug-likeness (QED) is 0.735. The molecule has 0 aliphatic carbocycles. The second-order valence-electron chi connectivity index (χ2n) is 6.95. The van der Waals surface area contributed by atoms with Crippen molar-refractivity contribution >= 4 is 5.97 Å². The van der Waals surface area contributed by atoms with Crippen molar-refractivity contribution in [2.45, 2.75) is 58.2 Å². The van der Waals surface area contributed by atoms with Gasteiger partial charge in [-0.15, -0.1) is 0 Å². The molecule has 4 nitrogen and oxygen atoms in total. The van der Waals surface area contributed by atoms with E-state index >= 15 is 0 Å². The van der Waals surface area contributed by atoms with Gasteiger partial charge >= 0.3 is 5.97 Å². The third kappa shape index (κ3) is 2.37. The first kappa shape index (κ1) is 14.3. The van der Waals surface area contributed by atoms with E-state index in [1.807, 2.05) is 13.8 Å². The summed E-state index contributed by atoms with van der Waals surface area (Å²) in [6.45, 7) is 10.6. The summed E-state index contributed by atoms with van der Waals surface area (Å²) in [5.74, 6) is 1.53. The van der Waals surface area contributed by atoms with Crippen LogP contribution in [0.3, 0.4) is 0 Å². The van der Waals surface area contributed by atoms with Crippen molar-refractivity contribution in [1.82, 2.24) is 9.80 Å². The number of carbonyl (C=O) groups excluding carboxylic acids is 1. The maximum absolute atomic E-state index is 12.6. The molecule has 4 rings (SSSR count). The summed E-state index contributed by atoms with van der Waals surface area (Å²) in [6, 6.07) is 0.394. The fraction of sp³-hybridized carbons (Fsp3) is 0.938. The van der Waals surface area contributed by atoms with Crippen LogP contribution in [-0.2, 0) is 9.53 Å². The van der Waals surface area contributed by atoms with Gasteiger partial charge in [0, 0.05) is 12.6 Å². The zero-order valence-corrected chi connectivity index (χ0v) is 13.0. The normalized spacial score (nSPS) is 40.1. The summed E-state index contributed by atoms with van der Waals surface area (Å²) in [7, 11) is 0. The summed E-state index contributed by atoms with van der Waals surface area (Å²) in [6.07, 6.45) is 3.75. The van der Waals surface area contributed by atoms with Crippen LogP contribution in [-0.4, -0.2) is 60.1 Å². The van der Waals surface area contributed by atoms with Crippen LogP contribution in [0.1, 0.15) is 40.0 Å². The molecule has 4 heteroatoms. The average molecular weight is 280 g/mol. The summed E-state index contributed by atoms with van der Waals surface area (Å²) in [5, 5.41) is 0. The van der Waals surface area contributed by atoms with Gasteiger partial charge < -0.3 is 4.74 Å². The van der Waals surface area contributed by atoms with Crippen LogP contribution in [0.4, 0.5) is 0 Å². The highest BCUT2D eigenvalue weighted by Gasteiger charge is 2.55. The molecular formula is C16H28N2O2. The number of likely N-dealkylation sites (tertiary alicyclic amines) is 1. The molecule has 0 N–H and O–H groups in total. The van der Waals surface area contributed by atoms with Crippen LogP contribution in [0, 0.1) is 11.8 Å². The van der Waals surface area contributed by atoms with Crippen molar-refractivity contribution in [3.8, 4) is 0 Å². The van der Waals surface area contributed by atoms with Crippen molar-refractivity contribution < 1.29 is 9.53 Å². The predicted octanol–water partition coefficient (Wildman–Crippen LogP) is 1.74. The number of hydrogen-bond donors (Lipinski definition) is 0. The monoisotopic (exact) mass is 280 g/mol. The van der Waals surface area contributed by atoms with E-state index in [-0.39, 0.29) is 18.1 Å².